The number of rotatable bonds is 6. The van der Waals surface area contributed by atoms with Gasteiger partial charge in [-0.05, 0) is 57.6 Å². The maximum absolute atomic E-state index is 12.1. The zero-order valence-electron chi connectivity index (χ0n) is 16.9. The van der Waals surface area contributed by atoms with Gasteiger partial charge in [0.2, 0.25) is 5.91 Å². The summed E-state index contributed by atoms with van der Waals surface area (Å²) >= 11 is 0. The van der Waals surface area contributed by atoms with E-state index in [9.17, 15) is 9.59 Å². The predicted octanol–water partition coefficient (Wildman–Crippen LogP) is 2.31. The molecule has 2 rings (SSSR count). The van der Waals surface area contributed by atoms with Crippen LogP contribution in [0.5, 0.6) is 0 Å². The molecule has 0 spiro atoms. The Labute approximate surface area is 167 Å². The fourth-order valence-electron chi connectivity index (χ4n) is 2.97. The topological polar surface area (TPSA) is 65.5 Å². The highest BCUT2D eigenvalue weighted by molar-refractivity contribution is 5.92. The normalized spacial score (nSPS) is 16.2. The molecule has 1 saturated heterocycles. The first-order valence-corrected chi connectivity index (χ1v) is 9.47. The van der Waals surface area contributed by atoms with Gasteiger partial charge < -0.3 is 15.1 Å². The molecule has 0 radical (unpaired) electrons. The van der Waals surface area contributed by atoms with Gasteiger partial charge in [-0.1, -0.05) is 5.92 Å². The number of allylic oxidation sites excluding steroid dienone is 4. The summed E-state index contributed by atoms with van der Waals surface area (Å²) < 4.78 is 0. The molecule has 0 bridgehead atoms. The maximum atomic E-state index is 12.1. The fraction of sp³-hybridized carbons (Fsp3) is 0.409. The molecule has 0 atom stereocenters. The van der Waals surface area contributed by atoms with E-state index in [0.29, 0.717) is 17.8 Å². The average Bonchev–Trinajstić information content (AvgIpc) is 2.68. The molecule has 0 unspecified atom stereocenters. The Hall–Kier alpha value is -2.91. The molecule has 6 nitrogen and oxygen atoms in total. The number of aromatic nitrogens is 1. The van der Waals surface area contributed by atoms with E-state index >= 15 is 0 Å². The lowest BCUT2D eigenvalue weighted by Crippen LogP contribution is -2.32. The number of nitrogens with zero attached hydrogens (tertiary/aromatic N) is 3. The Balaban J connectivity index is 2.11. The molecule has 0 aliphatic carbocycles. The summed E-state index contributed by atoms with van der Waals surface area (Å²) in [7, 11) is 3.90. The number of hydrogen-bond acceptors (Lipinski definition) is 4. The molecule has 2 amide bonds. The molecule has 1 fully saturated rings. The number of carbonyl (C=O) groups excluding carboxylic acids is 2. The van der Waals surface area contributed by atoms with Gasteiger partial charge in [-0.2, -0.15) is 0 Å². The first-order valence-electron chi connectivity index (χ1n) is 9.47. The quantitative estimate of drug-likeness (QED) is 0.769. The van der Waals surface area contributed by atoms with Crippen molar-refractivity contribution in [2.75, 3.05) is 33.7 Å². The first kappa shape index (κ1) is 21.4. The van der Waals surface area contributed by atoms with E-state index < -0.39 is 0 Å². The number of likely N-dealkylation sites (N-methyl/N-ethyl adjacent to an activating group) is 1. The Kier molecular flexibility index (Phi) is 7.97. The molecule has 1 aliphatic heterocycles. The largest absolute Gasteiger partial charge is 0.349 e. The standard InChI is InChI=1S/C22H28N4O2/c1-5-18(9-11-20-8-6-7-14-26(20)17(2)27)19-10-12-21(24-16-19)22(28)23-13-15-25(3)4/h1,9-12,16H,6-8,13-15H2,2-4H3,(H,23,28)/b18-9+,20-11+. The maximum Gasteiger partial charge on any atom is 0.269 e. The number of pyridine rings is 1. The van der Waals surface area contributed by atoms with Crippen LogP contribution in [0, 0.1) is 12.3 Å². The highest BCUT2D eigenvalue weighted by atomic mass is 16.2. The number of terminal acetylenes is 1. The Bertz CT molecular complexity index is 801. The summed E-state index contributed by atoms with van der Waals surface area (Å²) in [5, 5.41) is 2.83. The Morgan fingerprint density at radius 2 is 2.14 bits per heavy atom. The van der Waals surface area contributed by atoms with E-state index in [1.165, 1.54) is 0 Å². The van der Waals surface area contributed by atoms with E-state index in [1.807, 2.05) is 31.1 Å². The summed E-state index contributed by atoms with van der Waals surface area (Å²) in [6.07, 6.45) is 14.0. The summed E-state index contributed by atoms with van der Waals surface area (Å²) in [5.74, 6) is 2.51. The predicted molar refractivity (Wildman–Crippen MR) is 111 cm³/mol. The second kappa shape index (κ2) is 10.4. The van der Waals surface area contributed by atoms with E-state index in [4.69, 9.17) is 6.42 Å². The van der Waals surface area contributed by atoms with Crippen molar-refractivity contribution in [3.63, 3.8) is 0 Å². The van der Waals surface area contributed by atoms with E-state index in [1.54, 1.807) is 30.2 Å². The van der Waals surface area contributed by atoms with Crippen LogP contribution in [0.3, 0.4) is 0 Å². The third-order valence-corrected chi connectivity index (χ3v) is 4.54. The molecule has 2 heterocycles. The van der Waals surface area contributed by atoms with Crippen LogP contribution in [0.4, 0.5) is 0 Å². The third-order valence-electron chi connectivity index (χ3n) is 4.54. The van der Waals surface area contributed by atoms with Crippen molar-refractivity contribution < 1.29 is 9.59 Å². The van der Waals surface area contributed by atoms with Crippen molar-refractivity contribution in [3.8, 4) is 12.3 Å². The van der Waals surface area contributed by atoms with Gasteiger partial charge in [0, 0.05) is 49.6 Å². The molecule has 0 aromatic carbocycles. The highest BCUT2D eigenvalue weighted by Gasteiger charge is 2.17. The lowest BCUT2D eigenvalue weighted by Gasteiger charge is -2.28. The SMILES string of the molecule is C#C/C(=C\C=C1/CCCCN1C(C)=O)c1ccc(C(=O)NCCN(C)C)nc1. The van der Waals surface area contributed by atoms with Gasteiger partial charge in [0.05, 0.1) is 0 Å². The summed E-state index contributed by atoms with van der Waals surface area (Å²) in [6, 6.07) is 3.46. The molecule has 1 N–H and O–H groups in total. The van der Waals surface area contributed by atoms with Crippen molar-refractivity contribution in [2.45, 2.75) is 26.2 Å². The molecule has 0 saturated carbocycles. The minimum absolute atomic E-state index is 0.0490. The van der Waals surface area contributed by atoms with Gasteiger partial charge in [0.1, 0.15) is 5.69 Å². The molecular formula is C22H28N4O2. The zero-order chi connectivity index (χ0) is 20.5. The number of hydrogen-bond donors (Lipinski definition) is 1. The number of carbonyl (C=O) groups is 2. The monoisotopic (exact) mass is 380 g/mol. The number of nitrogens with one attached hydrogen (secondary N) is 1. The van der Waals surface area contributed by atoms with Gasteiger partial charge in [-0.25, -0.2) is 0 Å². The van der Waals surface area contributed by atoms with Gasteiger partial charge >= 0.3 is 0 Å². The summed E-state index contributed by atoms with van der Waals surface area (Å²) in [4.78, 5) is 31.9. The molecule has 6 heteroatoms. The van der Waals surface area contributed by atoms with E-state index in [-0.39, 0.29) is 11.8 Å². The van der Waals surface area contributed by atoms with Crippen molar-refractivity contribution in [1.82, 2.24) is 20.1 Å². The minimum Gasteiger partial charge on any atom is -0.349 e. The van der Waals surface area contributed by atoms with Crippen LogP contribution in [0.25, 0.3) is 5.57 Å². The molecule has 28 heavy (non-hydrogen) atoms. The molecule has 148 valence electrons. The van der Waals surface area contributed by atoms with Crippen LogP contribution in [-0.4, -0.2) is 60.3 Å². The second-order valence-corrected chi connectivity index (χ2v) is 7.00. The number of piperidine rings is 1. The lowest BCUT2D eigenvalue weighted by atomic mass is 10.0. The van der Waals surface area contributed by atoms with E-state index in [2.05, 4.69) is 16.2 Å². The van der Waals surface area contributed by atoms with Crippen LogP contribution >= 0.6 is 0 Å². The van der Waals surface area contributed by atoms with Gasteiger partial charge in [0.25, 0.3) is 5.91 Å². The van der Waals surface area contributed by atoms with Crippen LogP contribution in [0.2, 0.25) is 0 Å². The van der Waals surface area contributed by atoms with E-state index in [0.717, 1.165) is 43.6 Å². The van der Waals surface area contributed by atoms with Crippen LogP contribution < -0.4 is 5.32 Å². The second-order valence-electron chi connectivity index (χ2n) is 7.00. The highest BCUT2D eigenvalue weighted by Crippen LogP contribution is 2.22. The molecular weight excluding hydrogens is 352 g/mol. The Morgan fingerprint density at radius 1 is 1.36 bits per heavy atom. The minimum atomic E-state index is -0.207. The molecule has 1 aliphatic rings. The van der Waals surface area contributed by atoms with Crippen LogP contribution in [0.15, 0.2) is 36.2 Å². The smallest absolute Gasteiger partial charge is 0.269 e. The zero-order valence-corrected chi connectivity index (χ0v) is 16.9. The van der Waals surface area contributed by atoms with Crippen molar-refractivity contribution in [2.24, 2.45) is 0 Å². The average molecular weight is 380 g/mol. The van der Waals surface area contributed by atoms with Crippen LogP contribution in [0.1, 0.15) is 42.2 Å². The first-order chi connectivity index (χ1) is 13.4. The summed E-state index contributed by atoms with van der Waals surface area (Å²) in [5.41, 5.74) is 2.76. The Morgan fingerprint density at radius 3 is 2.75 bits per heavy atom. The molecule has 1 aromatic rings. The van der Waals surface area contributed by atoms with Gasteiger partial charge in [-0.15, -0.1) is 6.42 Å². The van der Waals surface area contributed by atoms with Crippen LogP contribution in [-0.2, 0) is 4.79 Å². The number of amides is 2. The van der Waals surface area contributed by atoms with Crippen molar-refractivity contribution in [1.29, 1.82) is 0 Å². The van der Waals surface area contributed by atoms with Crippen molar-refractivity contribution in [3.05, 3.63) is 47.4 Å². The summed E-state index contributed by atoms with van der Waals surface area (Å²) in [6.45, 7) is 3.65. The lowest BCUT2D eigenvalue weighted by molar-refractivity contribution is -0.127. The van der Waals surface area contributed by atoms with Gasteiger partial charge in [-0.3, -0.25) is 14.6 Å². The molecule has 1 aromatic heterocycles. The fourth-order valence-corrected chi connectivity index (χ4v) is 2.97. The number of likely N-dealkylation sites (tertiary alicyclic amines) is 1. The van der Waals surface area contributed by atoms with Crippen molar-refractivity contribution >= 4 is 17.4 Å². The third kappa shape index (κ3) is 6.07. The van der Waals surface area contributed by atoms with Gasteiger partial charge in [0.15, 0.2) is 0 Å².